The van der Waals surface area contributed by atoms with E-state index in [0.29, 0.717) is 11.1 Å². The quantitative estimate of drug-likeness (QED) is 0.596. The normalized spacial score (nSPS) is 11.8. The monoisotopic (exact) mass is 409 g/mol. The number of hydrogen-bond donors (Lipinski definition) is 1. The summed E-state index contributed by atoms with van der Waals surface area (Å²) in [6.45, 7) is 4.26. The number of carbonyl (C=O) groups excluding carboxylic acids is 1. The summed E-state index contributed by atoms with van der Waals surface area (Å²) < 4.78 is 15.7. The highest BCUT2D eigenvalue weighted by molar-refractivity contribution is 7.99. The van der Waals surface area contributed by atoms with Gasteiger partial charge in [-0.1, -0.05) is 55.9 Å². The molecule has 1 unspecified atom stereocenters. The van der Waals surface area contributed by atoms with Crippen molar-refractivity contribution in [2.75, 3.05) is 5.75 Å². The zero-order valence-electron chi connectivity index (χ0n) is 16.0. The number of hydrogen-bond acceptors (Lipinski definition) is 5. The first-order chi connectivity index (χ1) is 14.0. The molecular weight excluding hydrogens is 389 g/mol. The van der Waals surface area contributed by atoms with Crippen LogP contribution in [0, 0.1) is 17.1 Å². The second-order valence-corrected chi connectivity index (χ2v) is 7.61. The van der Waals surface area contributed by atoms with Gasteiger partial charge in [0.05, 0.1) is 11.8 Å². The van der Waals surface area contributed by atoms with E-state index >= 15 is 0 Å². The summed E-state index contributed by atoms with van der Waals surface area (Å²) in [6, 6.07) is 14.8. The topological polar surface area (TPSA) is 83.6 Å². The number of carbonyl (C=O) groups is 1. The lowest BCUT2D eigenvalue weighted by Crippen LogP contribution is -2.29. The van der Waals surface area contributed by atoms with Crippen molar-refractivity contribution in [2.45, 2.75) is 31.0 Å². The average molecular weight is 409 g/mol. The Balaban J connectivity index is 1.65. The van der Waals surface area contributed by atoms with Crippen LogP contribution in [0.25, 0.3) is 5.69 Å². The molecule has 0 aliphatic heterocycles. The van der Waals surface area contributed by atoms with E-state index in [4.69, 9.17) is 0 Å². The molecule has 0 radical (unpaired) electrons. The van der Waals surface area contributed by atoms with E-state index in [0.717, 1.165) is 5.69 Å². The summed E-state index contributed by atoms with van der Waals surface area (Å²) >= 11 is 1.19. The maximum Gasteiger partial charge on any atom is 0.231 e. The minimum Gasteiger partial charge on any atom is -0.336 e. The van der Waals surface area contributed by atoms with Crippen LogP contribution < -0.4 is 5.32 Å². The molecule has 0 bridgehead atoms. The number of aromatic nitrogens is 3. The molecule has 1 atom stereocenters. The van der Waals surface area contributed by atoms with Gasteiger partial charge in [-0.05, 0) is 29.7 Å². The third-order valence-corrected chi connectivity index (χ3v) is 5.28. The van der Waals surface area contributed by atoms with Gasteiger partial charge in [-0.3, -0.25) is 9.36 Å². The van der Waals surface area contributed by atoms with Crippen molar-refractivity contribution >= 4 is 17.7 Å². The van der Waals surface area contributed by atoms with Crippen LogP contribution in [-0.4, -0.2) is 26.4 Å². The third kappa shape index (κ3) is 5.00. The summed E-state index contributed by atoms with van der Waals surface area (Å²) in [5.41, 5.74) is 2.26. The number of benzene rings is 2. The highest BCUT2D eigenvalue weighted by atomic mass is 32.2. The van der Waals surface area contributed by atoms with Gasteiger partial charge in [0.15, 0.2) is 5.16 Å². The molecule has 0 aliphatic carbocycles. The second kappa shape index (κ2) is 9.34. The molecule has 3 aromatic rings. The first-order valence-corrected chi connectivity index (χ1v) is 10.0. The van der Waals surface area contributed by atoms with E-state index in [2.05, 4.69) is 29.4 Å². The van der Waals surface area contributed by atoms with Crippen LogP contribution in [0.15, 0.2) is 60.0 Å². The molecule has 1 N–H and O–H groups in total. The Morgan fingerprint density at radius 3 is 2.62 bits per heavy atom. The smallest absolute Gasteiger partial charge is 0.231 e. The van der Waals surface area contributed by atoms with Gasteiger partial charge in [-0.2, -0.15) is 5.26 Å². The number of nitrogens with zero attached hydrogens (tertiary/aromatic N) is 4. The summed E-state index contributed by atoms with van der Waals surface area (Å²) in [6.07, 6.45) is 1.59. The predicted molar refractivity (Wildman–Crippen MR) is 109 cm³/mol. The molecule has 0 spiro atoms. The standard InChI is InChI=1S/C21H20FN5OS/c1-14(2)15-7-9-16(10-8-15)27-13-24-26-21(27)29-12-20(28)25-19(11-23)17-5-3-4-6-18(17)22/h3-10,13-14,19H,12H2,1-2H3,(H,25,28). The maximum atomic E-state index is 13.9. The van der Waals surface area contributed by atoms with Crippen LogP contribution >= 0.6 is 11.8 Å². The molecule has 8 heteroatoms. The van der Waals surface area contributed by atoms with Gasteiger partial charge in [0, 0.05) is 11.3 Å². The number of amides is 1. The second-order valence-electron chi connectivity index (χ2n) is 6.67. The Kier molecular flexibility index (Phi) is 6.62. The van der Waals surface area contributed by atoms with E-state index in [9.17, 15) is 14.4 Å². The first-order valence-electron chi connectivity index (χ1n) is 9.06. The Bertz CT molecular complexity index is 1030. The number of halogens is 1. The van der Waals surface area contributed by atoms with Crippen molar-refractivity contribution in [3.8, 4) is 11.8 Å². The molecular formula is C21H20FN5OS. The molecule has 6 nitrogen and oxygen atoms in total. The lowest BCUT2D eigenvalue weighted by Gasteiger charge is -2.13. The van der Waals surface area contributed by atoms with E-state index < -0.39 is 17.8 Å². The van der Waals surface area contributed by atoms with Crippen LogP contribution in [0.5, 0.6) is 0 Å². The van der Waals surface area contributed by atoms with Crippen molar-refractivity contribution in [3.05, 3.63) is 71.8 Å². The molecule has 0 aliphatic rings. The fraction of sp³-hybridized carbons (Fsp3) is 0.238. The molecule has 0 saturated carbocycles. The molecule has 1 heterocycles. The van der Waals surface area contributed by atoms with Crippen LogP contribution in [0.4, 0.5) is 4.39 Å². The summed E-state index contributed by atoms with van der Waals surface area (Å²) in [4.78, 5) is 12.3. The van der Waals surface area contributed by atoms with Crippen LogP contribution in [0.1, 0.15) is 36.9 Å². The number of nitrogens with one attached hydrogen (secondary N) is 1. The Labute approximate surface area is 172 Å². The van der Waals surface area contributed by atoms with Gasteiger partial charge in [0.1, 0.15) is 18.2 Å². The molecule has 0 fully saturated rings. The van der Waals surface area contributed by atoms with Gasteiger partial charge >= 0.3 is 0 Å². The average Bonchev–Trinajstić information content (AvgIpc) is 3.20. The number of thioether (sulfide) groups is 1. The van der Waals surface area contributed by atoms with E-state index in [1.807, 2.05) is 30.3 Å². The van der Waals surface area contributed by atoms with Crippen molar-refractivity contribution < 1.29 is 9.18 Å². The molecule has 1 aromatic heterocycles. The van der Waals surface area contributed by atoms with Gasteiger partial charge in [-0.25, -0.2) is 4.39 Å². The van der Waals surface area contributed by atoms with Crippen LogP contribution in [0.3, 0.4) is 0 Å². The molecule has 2 aromatic carbocycles. The van der Waals surface area contributed by atoms with Crippen LogP contribution in [-0.2, 0) is 4.79 Å². The van der Waals surface area contributed by atoms with E-state index in [1.165, 1.54) is 35.5 Å². The molecule has 3 rings (SSSR count). The van der Waals surface area contributed by atoms with Gasteiger partial charge < -0.3 is 5.32 Å². The lowest BCUT2D eigenvalue weighted by atomic mass is 10.0. The fourth-order valence-corrected chi connectivity index (χ4v) is 3.48. The van der Waals surface area contributed by atoms with Crippen molar-refractivity contribution in [2.24, 2.45) is 0 Å². The minimum absolute atomic E-state index is 0.0232. The summed E-state index contributed by atoms with van der Waals surface area (Å²) in [5.74, 6) is -0.466. The Morgan fingerprint density at radius 1 is 1.24 bits per heavy atom. The van der Waals surface area contributed by atoms with Crippen molar-refractivity contribution in [3.63, 3.8) is 0 Å². The Hall–Kier alpha value is -3.18. The highest BCUT2D eigenvalue weighted by Gasteiger charge is 2.18. The van der Waals surface area contributed by atoms with E-state index in [1.54, 1.807) is 17.0 Å². The first kappa shape index (κ1) is 20.6. The highest BCUT2D eigenvalue weighted by Crippen LogP contribution is 2.22. The third-order valence-electron chi connectivity index (χ3n) is 4.34. The number of nitriles is 1. The number of rotatable bonds is 7. The zero-order chi connectivity index (χ0) is 20.8. The van der Waals surface area contributed by atoms with Crippen LogP contribution in [0.2, 0.25) is 0 Å². The molecule has 148 valence electrons. The van der Waals surface area contributed by atoms with Crippen molar-refractivity contribution in [1.29, 1.82) is 5.26 Å². The molecule has 0 saturated heterocycles. The van der Waals surface area contributed by atoms with Crippen molar-refractivity contribution in [1.82, 2.24) is 20.1 Å². The summed E-state index contributed by atoms with van der Waals surface area (Å²) in [7, 11) is 0. The molecule has 29 heavy (non-hydrogen) atoms. The summed E-state index contributed by atoms with van der Waals surface area (Å²) in [5, 5.41) is 20.4. The Morgan fingerprint density at radius 2 is 1.97 bits per heavy atom. The largest absolute Gasteiger partial charge is 0.336 e. The SMILES string of the molecule is CC(C)c1ccc(-n2cnnc2SCC(=O)NC(C#N)c2ccccc2F)cc1. The van der Waals surface area contributed by atoms with E-state index in [-0.39, 0.29) is 11.3 Å². The maximum absolute atomic E-state index is 13.9. The van der Waals surface area contributed by atoms with Gasteiger partial charge in [0.25, 0.3) is 0 Å². The molecule has 1 amide bonds. The lowest BCUT2D eigenvalue weighted by molar-refractivity contribution is -0.118. The predicted octanol–water partition coefficient (Wildman–Crippen LogP) is 4.00. The fourth-order valence-electron chi connectivity index (χ4n) is 2.74. The minimum atomic E-state index is -1.05. The zero-order valence-corrected chi connectivity index (χ0v) is 16.9. The van der Waals surface area contributed by atoms with Gasteiger partial charge in [0.2, 0.25) is 5.91 Å². The van der Waals surface area contributed by atoms with Gasteiger partial charge in [-0.15, -0.1) is 10.2 Å².